The molecule has 0 fully saturated rings. The van der Waals surface area contributed by atoms with Gasteiger partial charge in [0.1, 0.15) is 11.5 Å². The average Bonchev–Trinajstić information content (AvgIpc) is 3.27. The number of benzene rings is 1. The number of aromatic nitrogens is 3. The van der Waals surface area contributed by atoms with E-state index in [0.717, 1.165) is 28.0 Å². The summed E-state index contributed by atoms with van der Waals surface area (Å²) in [7, 11) is 0. The van der Waals surface area contributed by atoms with Crippen molar-refractivity contribution in [2.24, 2.45) is 0 Å². The summed E-state index contributed by atoms with van der Waals surface area (Å²) in [6.45, 7) is 6.99. The topological polar surface area (TPSA) is 78.3 Å². The number of hydrogen-bond donors (Lipinski definition) is 1. The summed E-state index contributed by atoms with van der Waals surface area (Å²) in [4.78, 5) is 16.6. The maximum absolute atomic E-state index is 12.0. The van der Waals surface area contributed by atoms with Gasteiger partial charge in [0.05, 0.1) is 18.0 Å². The Kier molecular flexibility index (Phi) is 6.65. The molecule has 0 aliphatic rings. The van der Waals surface area contributed by atoms with Crippen LogP contribution < -0.4 is 14.8 Å². The van der Waals surface area contributed by atoms with Crippen LogP contribution in [-0.4, -0.2) is 40.4 Å². The van der Waals surface area contributed by atoms with Crippen molar-refractivity contribution >= 4 is 17.2 Å². The van der Waals surface area contributed by atoms with Crippen LogP contribution in [0.1, 0.15) is 24.0 Å². The van der Waals surface area contributed by atoms with Crippen LogP contribution in [0.3, 0.4) is 0 Å². The minimum Gasteiger partial charge on any atom is -0.494 e. The van der Waals surface area contributed by atoms with Crippen LogP contribution in [0, 0.1) is 13.8 Å². The molecule has 7 nitrogen and oxygen atoms in total. The molecule has 1 amide bonds. The van der Waals surface area contributed by atoms with Crippen molar-refractivity contribution in [2.45, 2.75) is 27.2 Å². The molecule has 1 N–H and O–H groups in total. The van der Waals surface area contributed by atoms with Crippen LogP contribution in [0.2, 0.25) is 0 Å². The van der Waals surface area contributed by atoms with Crippen molar-refractivity contribution in [3.05, 3.63) is 52.8 Å². The number of amides is 1. The zero-order valence-corrected chi connectivity index (χ0v) is 17.1. The highest BCUT2D eigenvalue weighted by Gasteiger charge is 2.09. The van der Waals surface area contributed by atoms with E-state index in [-0.39, 0.29) is 12.5 Å². The Morgan fingerprint density at radius 2 is 1.89 bits per heavy atom. The first kappa shape index (κ1) is 19.9. The van der Waals surface area contributed by atoms with E-state index in [1.165, 1.54) is 0 Å². The number of nitrogens with one attached hydrogen (secondary N) is 1. The number of aryl methyl sites for hydroxylation is 2. The number of carbonyl (C=O) groups excluding carboxylic acids is 1. The highest BCUT2D eigenvalue weighted by molar-refractivity contribution is 7.12. The summed E-state index contributed by atoms with van der Waals surface area (Å²) in [6.07, 6.45) is 0.657. The third-order valence-corrected chi connectivity index (χ3v) is 4.80. The first-order valence-electron chi connectivity index (χ1n) is 9.15. The molecule has 2 heterocycles. The fraction of sp³-hybridized carbons (Fsp3) is 0.350. The van der Waals surface area contributed by atoms with Gasteiger partial charge in [-0.05, 0) is 51.1 Å². The maximum atomic E-state index is 12.0. The second-order valence-electron chi connectivity index (χ2n) is 6.25. The summed E-state index contributed by atoms with van der Waals surface area (Å²) in [5.74, 6) is 1.25. The summed E-state index contributed by atoms with van der Waals surface area (Å²) < 4.78 is 12.7. The molecule has 28 heavy (non-hydrogen) atoms. The lowest BCUT2D eigenvalue weighted by atomic mass is 10.3. The van der Waals surface area contributed by atoms with Crippen molar-refractivity contribution in [1.82, 2.24) is 20.1 Å². The number of nitrogens with zero attached hydrogens (tertiary/aromatic N) is 3. The average molecular weight is 401 g/mol. The van der Waals surface area contributed by atoms with Crippen molar-refractivity contribution in [1.29, 1.82) is 0 Å². The predicted octanol–water partition coefficient (Wildman–Crippen LogP) is 3.08. The molecular formula is C20H24N4O3S. The zero-order chi connectivity index (χ0) is 19.9. The van der Waals surface area contributed by atoms with Crippen LogP contribution in [-0.2, 0) is 11.2 Å². The van der Waals surface area contributed by atoms with Gasteiger partial charge in [-0.3, -0.25) is 4.79 Å². The fourth-order valence-corrected chi connectivity index (χ4v) is 3.53. The van der Waals surface area contributed by atoms with Gasteiger partial charge >= 0.3 is 0 Å². The summed E-state index contributed by atoms with van der Waals surface area (Å²) in [5.41, 5.74) is 2.95. The molecule has 0 spiro atoms. The van der Waals surface area contributed by atoms with Gasteiger partial charge in [0, 0.05) is 24.0 Å². The van der Waals surface area contributed by atoms with E-state index in [4.69, 9.17) is 9.47 Å². The first-order valence-corrected chi connectivity index (χ1v) is 10.0. The van der Waals surface area contributed by atoms with Crippen LogP contribution >= 0.6 is 11.3 Å². The predicted molar refractivity (Wildman–Crippen MR) is 109 cm³/mol. The highest BCUT2D eigenvalue weighted by Crippen LogP contribution is 2.18. The number of ether oxygens (including phenoxy) is 2. The van der Waals surface area contributed by atoms with Gasteiger partial charge in [0.15, 0.2) is 6.61 Å². The normalized spacial score (nSPS) is 10.7. The largest absolute Gasteiger partial charge is 0.494 e. The third-order valence-electron chi connectivity index (χ3n) is 3.94. The molecule has 3 rings (SSSR count). The molecular weight excluding hydrogens is 376 g/mol. The standard InChI is InChI=1S/C20H24N4O3S/c1-4-26-17-5-7-18(8-6-17)27-12-19(25)21-10-9-16-13-28-20(22-16)24-15(3)11-14(2)23-24/h5-8,11,13H,4,9-10,12H2,1-3H3,(H,21,25). The Labute approximate surface area is 168 Å². The summed E-state index contributed by atoms with van der Waals surface area (Å²) in [5, 5.41) is 10.1. The number of hydrogen-bond acceptors (Lipinski definition) is 6. The molecule has 0 aliphatic heterocycles. The van der Waals surface area contributed by atoms with Crippen LogP contribution in [0.4, 0.5) is 0 Å². The SMILES string of the molecule is CCOc1ccc(OCC(=O)NCCc2csc(-n3nc(C)cc3C)n2)cc1. The molecule has 0 atom stereocenters. The quantitative estimate of drug-likeness (QED) is 0.597. The molecule has 0 bridgehead atoms. The third kappa shape index (κ3) is 5.32. The lowest BCUT2D eigenvalue weighted by molar-refractivity contribution is -0.123. The van der Waals surface area contributed by atoms with E-state index in [2.05, 4.69) is 15.4 Å². The van der Waals surface area contributed by atoms with Gasteiger partial charge in [-0.2, -0.15) is 5.10 Å². The van der Waals surface area contributed by atoms with Crippen molar-refractivity contribution in [2.75, 3.05) is 19.8 Å². The first-order chi connectivity index (χ1) is 13.5. The van der Waals surface area contributed by atoms with Crippen LogP contribution in [0.15, 0.2) is 35.7 Å². The molecule has 0 aliphatic carbocycles. The smallest absolute Gasteiger partial charge is 0.257 e. The lowest BCUT2D eigenvalue weighted by Crippen LogP contribution is -2.30. The molecule has 0 saturated carbocycles. The summed E-state index contributed by atoms with van der Waals surface area (Å²) >= 11 is 1.54. The molecule has 2 aromatic heterocycles. The summed E-state index contributed by atoms with van der Waals surface area (Å²) in [6, 6.07) is 9.23. The van der Waals surface area contributed by atoms with E-state index in [1.807, 2.05) is 49.0 Å². The molecule has 0 radical (unpaired) electrons. The Hall–Kier alpha value is -2.87. The van der Waals surface area contributed by atoms with Crippen LogP contribution in [0.25, 0.3) is 5.13 Å². The minimum atomic E-state index is -0.164. The second kappa shape index (κ2) is 9.36. The van der Waals surface area contributed by atoms with Gasteiger partial charge in [-0.1, -0.05) is 0 Å². The van der Waals surface area contributed by atoms with Gasteiger partial charge in [0.2, 0.25) is 5.13 Å². The molecule has 0 saturated heterocycles. The van der Waals surface area contributed by atoms with E-state index < -0.39 is 0 Å². The number of rotatable bonds is 9. The fourth-order valence-electron chi connectivity index (χ4n) is 2.66. The Balaban J connectivity index is 1.41. The monoisotopic (exact) mass is 400 g/mol. The van der Waals surface area contributed by atoms with Crippen molar-refractivity contribution < 1.29 is 14.3 Å². The van der Waals surface area contributed by atoms with E-state index in [9.17, 15) is 4.79 Å². The van der Waals surface area contributed by atoms with E-state index in [1.54, 1.807) is 23.5 Å². The molecule has 148 valence electrons. The Morgan fingerprint density at radius 3 is 2.54 bits per heavy atom. The van der Waals surface area contributed by atoms with Gasteiger partial charge in [0.25, 0.3) is 5.91 Å². The Morgan fingerprint density at radius 1 is 1.18 bits per heavy atom. The maximum Gasteiger partial charge on any atom is 0.257 e. The molecule has 8 heteroatoms. The molecule has 3 aromatic rings. The number of thiazole rings is 1. The second-order valence-corrected chi connectivity index (χ2v) is 7.09. The van der Waals surface area contributed by atoms with Crippen LogP contribution in [0.5, 0.6) is 11.5 Å². The highest BCUT2D eigenvalue weighted by atomic mass is 32.1. The Bertz CT molecular complexity index is 918. The van der Waals surface area contributed by atoms with Gasteiger partial charge in [-0.15, -0.1) is 11.3 Å². The van der Waals surface area contributed by atoms with Gasteiger partial charge in [-0.25, -0.2) is 9.67 Å². The van der Waals surface area contributed by atoms with E-state index in [0.29, 0.717) is 25.3 Å². The molecule has 0 unspecified atom stereocenters. The van der Waals surface area contributed by atoms with Crippen molar-refractivity contribution in [3.63, 3.8) is 0 Å². The van der Waals surface area contributed by atoms with E-state index >= 15 is 0 Å². The number of carbonyl (C=O) groups is 1. The zero-order valence-electron chi connectivity index (χ0n) is 16.3. The van der Waals surface area contributed by atoms with Crippen molar-refractivity contribution in [3.8, 4) is 16.6 Å². The minimum absolute atomic E-state index is 0.0257. The molecule has 1 aromatic carbocycles. The lowest BCUT2D eigenvalue weighted by Gasteiger charge is -2.08. The van der Waals surface area contributed by atoms with Gasteiger partial charge < -0.3 is 14.8 Å².